The summed E-state index contributed by atoms with van der Waals surface area (Å²) in [6.07, 6.45) is 5.51. The molecule has 0 aliphatic rings. The molecule has 0 unspecified atom stereocenters. The fraction of sp³-hybridized carbons (Fsp3) is 0.0769. The Hall–Kier alpha value is -1.72. The highest BCUT2D eigenvalue weighted by Crippen LogP contribution is 2.30. The number of ether oxygens (including phenoxy) is 1. The van der Waals surface area contributed by atoms with Crippen LogP contribution in [-0.2, 0) is 0 Å². The Kier molecular flexibility index (Phi) is 2.75. The Labute approximate surface area is 93.3 Å². The molecular weight excluding hydrogens is 204 g/mol. The smallest absolute Gasteiger partial charge is 0.135 e. The maximum absolute atomic E-state index is 5.51. The number of benzene rings is 1. The molecule has 0 saturated carbocycles. The summed E-state index contributed by atoms with van der Waals surface area (Å²) >= 11 is 1.66. The molecule has 0 N–H and O–H groups in total. The summed E-state index contributed by atoms with van der Waals surface area (Å²) in [7, 11) is 1.63. The Bertz CT molecular complexity index is 492. The van der Waals surface area contributed by atoms with Crippen LogP contribution in [0, 0.1) is 12.3 Å². The van der Waals surface area contributed by atoms with Gasteiger partial charge in [0.1, 0.15) is 5.75 Å². The highest BCUT2D eigenvalue weighted by Gasteiger charge is 2.08. The van der Waals surface area contributed by atoms with Gasteiger partial charge in [-0.15, -0.1) is 6.42 Å². The molecule has 2 rings (SSSR count). The predicted molar refractivity (Wildman–Crippen MR) is 64.2 cm³/mol. The molecule has 1 nitrogen and oxygen atoms in total. The van der Waals surface area contributed by atoms with Crippen LogP contribution in [0.3, 0.4) is 0 Å². The van der Waals surface area contributed by atoms with Gasteiger partial charge in [-0.2, -0.15) is 11.3 Å². The summed E-state index contributed by atoms with van der Waals surface area (Å²) in [6.45, 7) is 0. The first-order valence-corrected chi connectivity index (χ1v) is 5.47. The molecule has 0 radical (unpaired) electrons. The van der Waals surface area contributed by atoms with Crippen molar-refractivity contribution in [3.63, 3.8) is 0 Å². The minimum atomic E-state index is 0.751. The third-order valence-electron chi connectivity index (χ3n) is 2.22. The maximum atomic E-state index is 5.51. The Morgan fingerprint density at radius 1 is 1.33 bits per heavy atom. The molecule has 0 bridgehead atoms. The molecule has 0 amide bonds. The van der Waals surface area contributed by atoms with Crippen LogP contribution in [0.1, 0.15) is 5.56 Å². The van der Waals surface area contributed by atoms with Gasteiger partial charge >= 0.3 is 0 Å². The number of thiophene rings is 1. The summed E-state index contributed by atoms with van der Waals surface area (Å²) < 4.78 is 5.24. The molecule has 0 saturated heterocycles. The van der Waals surface area contributed by atoms with E-state index >= 15 is 0 Å². The van der Waals surface area contributed by atoms with Gasteiger partial charge in [-0.1, -0.05) is 18.1 Å². The van der Waals surface area contributed by atoms with Crippen molar-refractivity contribution in [3.05, 3.63) is 40.6 Å². The van der Waals surface area contributed by atoms with Gasteiger partial charge in [-0.25, -0.2) is 0 Å². The van der Waals surface area contributed by atoms with Crippen molar-refractivity contribution in [1.29, 1.82) is 0 Å². The molecule has 15 heavy (non-hydrogen) atoms. The average Bonchev–Trinajstić information content (AvgIpc) is 2.81. The van der Waals surface area contributed by atoms with E-state index < -0.39 is 0 Å². The molecule has 1 aromatic carbocycles. The topological polar surface area (TPSA) is 9.23 Å². The summed E-state index contributed by atoms with van der Waals surface area (Å²) in [5.74, 6) is 3.43. The van der Waals surface area contributed by atoms with Crippen molar-refractivity contribution in [2.24, 2.45) is 0 Å². The van der Waals surface area contributed by atoms with Crippen molar-refractivity contribution in [2.75, 3.05) is 7.11 Å². The lowest BCUT2D eigenvalue weighted by Crippen LogP contribution is -1.90. The predicted octanol–water partition coefficient (Wildman–Crippen LogP) is 3.41. The highest BCUT2D eigenvalue weighted by molar-refractivity contribution is 7.08. The zero-order chi connectivity index (χ0) is 10.7. The second-order valence-corrected chi connectivity index (χ2v) is 3.82. The maximum Gasteiger partial charge on any atom is 0.135 e. The van der Waals surface area contributed by atoms with Crippen molar-refractivity contribution in [2.45, 2.75) is 0 Å². The molecule has 0 atom stereocenters. The number of terminal acetylenes is 1. The van der Waals surface area contributed by atoms with E-state index in [1.54, 1.807) is 18.4 Å². The van der Waals surface area contributed by atoms with Crippen LogP contribution in [0.15, 0.2) is 35.0 Å². The Morgan fingerprint density at radius 3 is 2.80 bits per heavy atom. The number of rotatable bonds is 2. The first-order chi connectivity index (χ1) is 7.36. The normalized spacial score (nSPS) is 9.60. The molecule has 74 valence electrons. The van der Waals surface area contributed by atoms with E-state index in [-0.39, 0.29) is 0 Å². The van der Waals surface area contributed by atoms with E-state index in [0.717, 1.165) is 22.4 Å². The summed E-state index contributed by atoms with van der Waals surface area (Å²) in [4.78, 5) is 0. The van der Waals surface area contributed by atoms with Gasteiger partial charge in [0, 0.05) is 5.56 Å². The zero-order valence-corrected chi connectivity index (χ0v) is 9.17. The van der Waals surface area contributed by atoms with Crippen LogP contribution < -0.4 is 4.74 Å². The van der Waals surface area contributed by atoms with Crippen molar-refractivity contribution in [3.8, 4) is 29.2 Å². The van der Waals surface area contributed by atoms with Crippen LogP contribution in [0.2, 0.25) is 0 Å². The van der Waals surface area contributed by atoms with E-state index in [9.17, 15) is 0 Å². The van der Waals surface area contributed by atoms with Crippen LogP contribution in [0.5, 0.6) is 5.75 Å². The van der Waals surface area contributed by atoms with E-state index in [1.807, 2.05) is 23.6 Å². The summed E-state index contributed by atoms with van der Waals surface area (Å²) in [5.41, 5.74) is 3.02. The quantitative estimate of drug-likeness (QED) is 0.696. The van der Waals surface area contributed by atoms with Crippen LogP contribution in [0.4, 0.5) is 0 Å². The number of methoxy groups -OCH3 is 1. The van der Waals surface area contributed by atoms with Crippen molar-refractivity contribution in [1.82, 2.24) is 0 Å². The molecule has 0 spiro atoms. The molecule has 0 aliphatic heterocycles. The third-order valence-corrected chi connectivity index (χ3v) is 2.91. The van der Waals surface area contributed by atoms with E-state index in [1.165, 1.54) is 0 Å². The van der Waals surface area contributed by atoms with Crippen molar-refractivity contribution >= 4 is 11.3 Å². The SMILES string of the molecule is C#Cc1c(OC)cccc1-c1ccsc1. The highest BCUT2D eigenvalue weighted by atomic mass is 32.1. The second-order valence-electron chi connectivity index (χ2n) is 3.04. The minimum Gasteiger partial charge on any atom is -0.495 e. The van der Waals surface area contributed by atoms with Gasteiger partial charge in [0.15, 0.2) is 0 Å². The monoisotopic (exact) mass is 214 g/mol. The molecule has 0 fully saturated rings. The molecule has 2 heteroatoms. The Morgan fingerprint density at radius 2 is 2.20 bits per heavy atom. The lowest BCUT2D eigenvalue weighted by Gasteiger charge is -2.07. The Balaban J connectivity index is 2.63. The zero-order valence-electron chi connectivity index (χ0n) is 8.36. The van der Waals surface area contributed by atoms with Gasteiger partial charge in [0.05, 0.1) is 12.7 Å². The number of hydrogen-bond acceptors (Lipinski definition) is 2. The summed E-state index contributed by atoms with van der Waals surface area (Å²) in [6, 6.07) is 7.90. The van der Waals surface area contributed by atoms with E-state index in [0.29, 0.717) is 0 Å². The van der Waals surface area contributed by atoms with Gasteiger partial charge in [-0.05, 0) is 28.5 Å². The lowest BCUT2D eigenvalue weighted by atomic mass is 10.0. The lowest BCUT2D eigenvalue weighted by molar-refractivity contribution is 0.414. The average molecular weight is 214 g/mol. The van der Waals surface area contributed by atoms with E-state index in [4.69, 9.17) is 11.2 Å². The first-order valence-electron chi connectivity index (χ1n) is 4.53. The standard InChI is InChI=1S/C13H10OS/c1-3-11-12(10-7-8-15-9-10)5-4-6-13(11)14-2/h1,4-9H,2H3. The van der Waals surface area contributed by atoms with Crippen LogP contribution in [0.25, 0.3) is 11.1 Å². The largest absolute Gasteiger partial charge is 0.495 e. The van der Waals surface area contributed by atoms with Gasteiger partial charge in [0.25, 0.3) is 0 Å². The fourth-order valence-electron chi connectivity index (χ4n) is 1.51. The molecular formula is C13H10OS. The third kappa shape index (κ3) is 1.74. The minimum absolute atomic E-state index is 0.751. The van der Waals surface area contributed by atoms with Crippen LogP contribution in [-0.4, -0.2) is 7.11 Å². The summed E-state index contributed by atoms with van der Waals surface area (Å²) in [5, 5.41) is 4.12. The second kappa shape index (κ2) is 4.20. The van der Waals surface area contributed by atoms with Crippen molar-refractivity contribution < 1.29 is 4.74 Å². The van der Waals surface area contributed by atoms with Crippen LogP contribution >= 0.6 is 11.3 Å². The van der Waals surface area contributed by atoms with Gasteiger partial charge in [0.2, 0.25) is 0 Å². The molecule has 1 aromatic heterocycles. The fourth-order valence-corrected chi connectivity index (χ4v) is 2.16. The van der Waals surface area contributed by atoms with Gasteiger partial charge in [-0.3, -0.25) is 0 Å². The molecule has 2 aromatic rings. The number of hydrogen-bond donors (Lipinski definition) is 0. The molecule has 0 aliphatic carbocycles. The van der Waals surface area contributed by atoms with Gasteiger partial charge < -0.3 is 4.74 Å². The first kappa shape index (κ1) is 9.82. The van der Waals surface area contributed by atoms with E-state index in [2.05, 4.69) is 17.4 Å². The molecule has 1 heterocycles.